The molecule has 0 aliphatic heterocycles. The molecule has 7 nitrogen and oxygen atoms in total. The average molecular weight is 320 g/mol. The number of amides is 1. The van der Waals surface area contributed by atoms with Crippen molar-refractivity contribution < 1.29 is 21.6 Å². The standard InChI is InChI=1S/C11H16N2O5S2/c1-19(15,16)10-5-3-9(4-6-10)11(14)12-7-8-13-20(2,17)18/h3-6,13H,7-8H2,1-2H3,(H,12,14). The summed E-state index contributed by atoms with van der Waals surface area (Å²) >= 11 is 0. The summed E-state index contributed by atoms with van der Waals surface area (Å²) in [7, 11) is -6.57. The number of hydrogen-bond acceptors (Lipinski definition) is 5. The van der Waals surface area contributed by atoms with Crippen LogP contribution in [0.1, 0.15) is 10.4 Å². The Labute approximate surface area is 118 Å². The van der Waals surface area contributed by atoms with Crippen LogP contribution in [-0.4, -0.2) is 48.3 Å². The van der Waals surface area contributed by atoms with Crippen LogP contribution < -0.4 is 10.0 Å². The lowest BCUT2D eigenvalue weighted by atomic mass is 10.2. The molecule has 0 bridgehead atoms. The van der Waals surface area contributed by atoms with Crippen LogP contribution in [0.5, 0.6) is 0 Å². The number of nitrogens with one attached hydrogen (secondary N) is 2. The van der Waals surface area contributed by atoms with Crippen molar-refractivity contribution in [1.82, 2.24) is 10.0 Å². The fraction of sp³-hybridized carbons (Fsp3) is 0.364. The normalized spacial score (nSPS) is 12.1. The molecule has 1 amide bonds. The van der Waals surface area contributed by atoms with Crippen LogP contribution in [0.2, 0.25) is 0 Å². The van der Waals surface area contributed by atoms with Gasteiger partial charge in [-0.25, -0.2) is 21.6 Å². The summed E-state index contributed by atoms with van der Waals surface area (Å²) in [6.45, 7) is 0.228. The van der Waals surface area contributed by atoms with Crippen molar-refractivity contribution in [2.75, 3.05) is 25.6 Å². The number of hydrogen-bond donors (Lipinski definition) is 2. The Morgan fingerprint density at radius 3 is 2.00 bits per heavy atom. The van der Waals surface area contributed by atoms with Gasteiger partial charge in [-0.1, -0.05) is 0 Å². The van der Waals surface area contributed by atoms with E-state index >= 15 is 0 Å². The van der Waals surface area contributed by atoms with Crippen LogP contribution in [0.15, 0.2) is 29.2 Å². The van der Waals surface area contributed by atoms with Crippen LogP contribution in [0.4, 0.5) is 0 Å². The lowest BCUT2D eigenvalue weighted by molar-refractivity contribution is 0.0954. The molecule has 0 heterocycles. The smallest absolute Gasteiger partial charge is 0.251 e. The molecule has 20 heavy (non-hydrogen) atoms. The lowest BCUT2D eigenvalue weighted by Crippen LogP contribution is -2.34. The molecule has 0 atom stereocenters. The molecule has 0 saturated heterocycles. The second kappa shape index (κ2) is 6.33. The quantitative estimate of drug-likeness (QED) is 0.678. The second-order valence-corrected chi connectivity index (χ2v) is 8.07. The Morgan fingerprint density at radius 2 is 1.55 bits per heavy atom. The first kappa shape index (κ1) is 16.6. The van der Waals surface area contributed by atoms with E-state index in [-0.39, 0.29) is 18.0 Å². The molecular formula is C11H16N2O5S2. The third-order valence-electron chi connectivity index (χ3n) is 2.32. The van der Waals surface area contributed by atoms with E-state index in [2.05, 4.69) is 10.0 Å². The van der Waals surface area contributed by atoms with E-state index in [1.54, 1.807) is 0 Å². The van der Waals surface area contributed by atoms with E-state index in [1.807, 2.05) is 0 Å². The first-order valence-electron chi connectivity index (χ1n) is 5.62. The van der Waals surface area contributed by atoms with E-state index in [4.69, 9.17) is 0 Å². The first-order valence-corrected chi connectivity index (χ1v) is 9.41. The Hall–Kier alpha value is -1.45. The largest absolute Gasteiger partial charge is 0.351 e. The lowest BCUT2D eigenvalue weighted by Gasteiger charge is -2.06. The molecule has 112 valence electrons. The van der Waals surface area contributed by atoms with Crippen LogP contribution in [-0.2, 0) is 19.9 Å². The molecule has 9 heteroatoms. The maximum atomic E-state index is 11.7. The molecule has 1 aromatic carbocycles. The number of sulfonamides is 1. The fourth-order valence-electron chi connectivity index (χ4n) is 1.37. The zero-order valence-electron chi connectivity index (χ0n) is 11.1. The van der Waals surface area contributed by atoms with E-state index in [0.29, 0.717) is 5.56 Å². The minimum Gasteiger partial charge on any atom is -0.351 e. The highest BCUT2D eigenvalue weighted by Crippen LogP contribution is 2.10. The Kier molecular flexibility index (Phi) is 5.26. The molecule has 0 aliphatic rings. The van der Waals surface area contributed by atoms with Gasteiger partial charge in [0.1, 0.15) is 0 Å². The Bertz CT molecular complexity index is 678. The van der Waals surface area contributed by atoms with E-state index in [9.17, 15) is 21.6 Å². The molecule has 1 aromatic rings. The van der Waals surface area contributed by atoms with Crippen LogP contribution in [0.25, 0.3) is 0 Å². The van der Waals surface area contributed by atoms with Crippen molar-refractivity contribution in [3.05, 3.63) is 29.8 Å². The molecule has 0 aromatic heterocycles. The van der Waals surface area contributed by atoms with Gasteiger partial charge in [-0.05, 0) is 24.3 Å². The molecule has 0 spiro atoms. The highest BCUT2D eigenvalue weighted by Gasteiger charge is 2.09. The van der Waals surface area contributed by atoms with Crippen molar-refractivity contribution in [2.24, 2.45) is 0 Å². The van der Waals surface area contributed by atoms with Gasteiger partial charge in [-0.15, -0.1) is 0 Å². The summed E-state index contributed by atoms with van der Waals surface area (Å²) in [5.74, 6) is -0.402. The highest BCUT2D eigenvalue weighted by molar-refractivity contribution is 7.90. The van der Waals surface area contributed by atoms with Gasteiger partial charge >= 0.3 is 0 Å². The third kappa shape index (κ3) is 5.68. The molecule has 0 saturated carbocycles. The second-order valence-electron chi connectivity index (χ2n) is 4.22. The third-order valence-corrected chi connectivity index (χ3v) is 4.18. The molecule has 0 fully saturated rings. The van der Waals surface area contributed by atoms with E-state index < -0.39 is 25.8 Å². The summed E-state index contributed by atoms with van der Waals surface area (Å²) in [5.41, 5.74) is 0.303. The van der Waals surface area contributed by atoms with Gasteiger partial charge in [0, 0.05) is 24.9 Å². The fourth-order valence-corrected chi connectivity index (χ4v) is 2.47. The Balaban J connectivity index is 2.57. The number of carbonyl (C=O) groups is 1. The predicted octanol–water partition coefficient (Wildman–Crippen LogP) is -0.631. The molecular weight excluding hydrogens is 304 g/mol. The van der Waals surface area contributed by atoms with Crippen LogP contribution >= 0.6 is 0 Å². The average Bonchev–Trinajstić information content (AvgIpc) is 2.32. The minimum atomic E-state index is -3.29. The summed E-state index contributed by atoms with van der Waals surface area (Å²) in [5, 5.41) is 2.51. The molecule has 2 N–H and O–H groups in total. The maximum Gasteiger partial charge on any atom is 0.251 e. The van der Waals surface area contributed by atoms with Crippen molar-refractivity contribution in [3.63, 3.8) is 0 Å². The van der Waals surface area contributed by atoms with Gasteiger partial charge in [-0.2, -0.15) is 0 Å². The summed E-state index contributed by atoms with van der Waals surface area (Å²) in [6, 6.07) is 5.49. The minimum absolute atomic E-state index is 0.0893. The van der Waals surface area contributed by atoms with Gasteiger partial charge in [0.2, 0.25) is 10.0 Å². The SMILES string of the molecule is CS(=O)(=O)NCCNC(=O)c1ccc(S(C)(=O)=O)cc1. The number of carbonyl (C=O) groups excluding carboxylic acids is 1. The van der Waals surface area contributed by atoms with Gasteiger partial charge in [-0.3, -0.25) is 4.79 Å². The molecule has 0 radical (unpaired) electrons. The van der Waals surface area contributed by atoms with Gasteiger partial charge in [0.15, 0.2) is 9.84 Å². The first-order chi connectivity index (χ1) is 9.09. The topological polar surface area (TPSA) is 109 Å². The zero-order valence-corrected chi connectivity index (χ0v) is 12.7. The van der Waals surface area contributed by atoms with E-state index in [0.717, 1.165) is 12.5 Å². The van der Waals surface area contributed by atoms with Crippen LogP contribution in [0, 0.1) is 0 Å². The zero-order chi connectivity index (χ0) is 15.4. The predicted molar refractivity (Wildman–Crippen MR) is 74.7 cm³/mol. The number of rotatable bonds is 6. The molecule has 1 rings (SSSR count). The summed E-state index contributed by atoms with van der Waals surface area (Å²) < 4.78 is 46.3. The summed E-state index contributed by atoms with van der Waals surface area (Å²) in [6.07, 6.45) is 2.11. The van der Waals surface area contributed by atoms with E-state index in [1.165, 1.54) is 24.3 Å². The van der Waals surface area contributed by atoms with Crippen molar-refractivity contribution >= 4 is 25.8 Å². The maximum absolute atomic E-state index is 11.7. The van der Waals surface area contributed by atoms with Crippen molar-refractivity contribution in [1.29, 1.82) is 0 Å². The molecule has 0 unspecified atom stereocenters. The van der Waals surface area contributed by atoms with Gasteiger partial charge in [0.05, 0.1) is 11.2 Å². The summed E-state index contributed by atoms with van der Waals surface area (Å²) in [4.78, 5) is 11.8. The van der Waals surface area contributed by atoms with Crippen LogP contribution in [0.3, 0.4) is 0 Å². The Morgan fingerprint density at radius 1 is 1.00 bits per heavy atom. The number of benzene rings is 1. The van der Waals surface area contributed by atoms with Gasteiger partial charge < -0.3 is 5.32 Å². The molecule has 0 aliphatic carbocycles. The highest BCUT2D eigenvalue weighted by atomic mass is 32.2. The monoisotopic (exact) mass is 320 g/mol. The van der Waals surface area contributed by atoms with Crippen molar-refractivity contribution in [2.45, 2.75) is 4.90 Å². The van der Waals surface area contributed by atoms with Crippen molar-refractivity contribution in [3.8, 4) is 0 Å². The van der Waals surface area contributed by atoms with Gasteiger partial charge in [0.25, 0.3) is 5.91 Å². The number of sulfone groups is 1.